The number of hydrogen-bond donors (Lipinski definition) is 0. The van der Waals surface area contributed by atoms with Gasteiger partial charge in [-0.3, -0.25) is 0 Å². The molecule has 2 unspecified atom stereocenters. The Labute approximate surface area is 329 Å². The van der Waals surface area contributed by atoms with Crippen molar-refractivity contribution >= 4 is 43.4 Å². The summed E-state index contributed by atoms with van der Waals surface area (Å²) in [5.41, 5.74) is 17.3. The van der Waals surface area contributed by atoms with Crippen molar-refractivity contribution in [3.05, 3.63) is 154 Å². The molecule has 274 valence electrons. The molecule has 0 N–H and O–H groups in total. The monoisotopic (exact) mass is 738 g/mol. The Bertz CT molecular complexity index is 2820. The molecule has 55 heavy (non-hydrogen) atoms. The Hall–Kier alpha value is -5.32. The molecular formula is C51H50N2OS+2. The van der Waals surface area contributed by atoms with E-state index in [1.807, 2.05) is 11.3 Å². The minimum absolute atomic E-state index is 0.0943. The van der Waals surface area contributed by atoms with E-state index in [-0.39, 0.29) is 17.4 Å². The minimum atomic E-state index is -0.0943. The van der Waals surface area contributed by atoms with Crippen molar-refractivity contribution in [1.82, 2.24) is 0 Å². The van der Waals surface area contributed by atoms with Crippen molar-refractivity contribution in [2.24, 2.45) is 7.05 Å². The lowest BCUT2D eigenvalue weighted by Crippen LogP contribution is -2.46. The van der Waals surface area contributed by atoms with Gasteiger partial charge in [0, 0.05) is 49.2 Å². The van der Waals surface area contributed by atoms with Crippen LogP contribution in [0.25, 0.3) is 65.7 Å². The predicted molar refractivity (Wildman–Crippen MR) is 231 cm³/mol. The molecule has 8 aromatic rings. The number of rotatable bonds is 6. The Morgan fingerprint density at radius 3 is 2.33 bits per heavy atom. The zero-order valence-corrected chi connectivity index (χ0v) is 34.2. The number of hydrogen-bond acceptors (Lipinski definition) is 2. The quantitative estimate of drug-likeness (QED) is 0.123. The second kappa shape index (κ2) is 13.2. The molecule has 0 spiro atoms. The molecule has 9 rings (SSSR count). The first-order valence-electron chi connectivity index (χ1n) is 19.6. The largest absolute Gasteiger partial charge is 0.455 e. The van der Waals surface area contributed by atoms with Gasteiger partial charge in [-0.05, 0) is 121 Å². The van der Waals surface area contributed by atoms with Crippen LogP contribution in [0.3, 0.4) is 0 Å². The SMILES string of the molecule is C=CC1C(CCc2ccc3c(oc4cc5sc(C)cc5cc43)c2-c2cc(C(C)(C)C)c(-c3c(C)cccc3C)c[n+]2C)c2ccccc2-c2ccc(C)c[n+]21. The number of aryl methyl sites for hydroxylation is 6. The lowest BCUT2D eigenvalue weighted by atomic mass is 9.78. The summed E-state index contributed by atoms with van der Waals surface area (Å²) >= 11 is 1.83. The molecule has 0 aliphatic carbocycles. The first-order valence-corrected chi connectivity index (χ1v) is 20.5. The lowest BCUT2D eigenvalue weighted by molar-refractivity contribution is -0.707. The first kappa shape index (κ1) is 35.4. The molecule has 4 aromatic carbocycles. The third-order valence-electron chi connectivity index (χ3n) is 12.0. The van der Waals surface area contributed by atoms with Crippen LogP contribution >= 0.6 is 11.3 Å². The van der Waals surface area contributed by atoms with Gasteiger partial charge in [-0.2, -0.15) is 4.57 Å². The van der Waals surface area contributed by atoms with Crippen LogP contribution in [0, 0.1) is 27.7 Å². The highest BCUT2D eigenvalue weighted by molar-refractivity contribution is 7.19. The van der Waals surface area contributed by atoms with Gasteiger partial charge in [-0.25, -0.2) is 4.57 Å². The topological polar surface area (TPSA) is 20.9 Å². The van der Waals surface area contributed by atoms with Crippen molar-refractivity contribution in [3.8, 4) is 33.6 Å². The summed E-state index contributed by atoms with van der Waals surface area (Å²) in [5, 5.41) is 3.62. The highest BCUT2D eigenvalue weighted by Gasteiger charge is 2.38. The van der Waals surface area contributed by atoms with Crippen LogP contribution in [-0.4, -0.2) is 0 Å². The normalized spacial score (nSPS) is 15.5. The molecule has 1 aliphatic rings. The van der Waals surface area contributed by atoms with Crippen LogP contribution in [0.1, 0.15) is 77.4 Å². The average Bonchev–Trinajstić information content (AvgIpc) is 3.70. The Kier molecular flexibility index (Phi) is 8.47. The number of benzene rings is 4. The molecule has 3 nitrogen and oxygen atoms in total. The van der Waals surface area contributed by atoms with Crippen LogP contribution in [0.15, 0.2) is 120 Å². The standard InChI is InChI=1S/C51H50N2OS/c1-10-43-38(36-16-11-12-17-37(36)44-23-18-30(2)28-53(43)44)21-19-34-20-22-39-40-25-35-24-33(5)55-47(35)27-46(40)54-50(39)49(34)45-26-42(51(6,7)8)41(29-52(45)9)48-31(3)14-13-15-32(48)4/h10-18,20,22-29,38,43H,1,19,21H2,2-9H3/q+2. The molecule has 4 aromatic heterocycles. The zero-order valence-electron chi connectivity index (χ0n) is 33.4. The molecule has 1 aliphatic heterocycles. The maximum absolute atomic E-state index is 7.05. The fourth-order valence-electron chi connectivity index (χ4n) is 9.44. The first-order chi connectivity index (χ1) is 26.4. The lowest BCUT2D eigenvalue weighted by Gasteiger charge is -2.29. The summed E-state index contributed by atoms with van der Waals surface area (Å²) in [6, 6.07) is 34.3. The Morgan fingerprint density at radius 1 is 0.782 bits per heavy atom. The van der Waals surface area contributed by atoms with Crippen LogP contribution in [0.4, 0.5) is 0 Å². The van der Waals surface area contributed by atoms with E-state index >= 15 is 0 Å². The molecule has 0 saturated heterocycles. The summed E-state index contributed by atoms with van der Waals surface area (Å²) in [5.74, 6) is 0.271. The molecule has 0 bridgehead atoms. The smallest absolute Gasteiger partial charge is 0.216 e. The number of furan rings is 1. The van der Waals surface area contributed by atoms with E-state index in [4.69, 9.17) is 4.42 Å². The van der Waals surface area contributed by atoms with Gasteiger partial charge in [0.25, 0.3) is 0 Å². The van der Waals surface area contributed by atoms with Gasteiger partial charge in [-0.1, -0.05) is 75.9 Å². The second-order valence-corrected chi connectivity index (χ2v) is 18.2. The van der Waals surface area contributed by atoms with Crippen molar-refractivity contribution in [3.63, 3.8) is 0 Å². The van der Waals surface area contributed by atoms with Crippen molar-refractivity contribution in [1.29, 1.82) is 0 Å². The summed E-state index contributed by atoms with van der Waals surface area (Å²) < 4.78 is 13.1. The van der Waals surface area contributed by atoms with Crippen LogP contribution in [0.2, 0.25) is 0 Å². The second-order valence-electron chi connectivity index (χ2n) is 16.9. The van der Waals surface area contributed by atoms with E-state index in [9.17, 15) is 0 Å². The highest BCUT2D eigenvalue weighted by atomic mass is 32.1. The molecule has 0 fully saturated rings. The molecule has 5 heterocycles. The number of aromatic nitrogens is 2. The van der Waals surface area contributed by atoms with Gasteiger partial charge < -0.3 is 4.42 Å². The van der Waals surface area contributed by atoms with Gasteiger partial charge in [0.1, 0.15) is 18.2 Å². The molecular weight excluding hydrogens is 689 g/mol. The third-order valence-corrected chi connectivity index (χ3v) is 13.1. The van der Waals surface area contributed by atoms with E-state index in [0.29, 0.717) is 0 Å². The molecule has 2 atom stereocenters. The summed E-state index contributed by atoms with van der Waals surface area (Å²) in [6.45, 7) is 20.3. The molecule has 0 amide bonds. The fourth-order valence-corrected chi connectivity index (χ4v) is 10.4. The summed E-state index contributed by atoms with van der Waals surface area (Å²) in [7, 11) is 2.21. The van der Waals surface area contributed by atoms with Gasteiger partial charge >= 0.3 is 0 Å². The van der Waals surface area contributed by atoms with E-state index in [1.165, 1.54) is 92.8 Å². The number of allylic oxidation sites excluding steroid dienone is 1. The molecule has 4 heteroatoms. The number of fused-ring (bicyclic) bond motifs is 7. The van der Waals surface area contributed by atoms with E-state index < -0.39 is 0 Å². The average molecular weight is 739 g/mol. The van der Waals surface area contributed by atoms with Crippen LogP contribution < -0.4 is 9.13 Å². The maximum Gasteiger partial charge on any atom is 0.216 e. The van der Waals surface area contributed by atoms with Crippen molar-refractivity contribution in [2.45, 2.75) is 78.7 Å². The van der Waals surface area contributed by atoms with Gasteiger partial charge in [0.05, 0.1) is 11.5 Å². The minimum Gasteiger partial charge on any atom is -0.455 e. The fraction of sp³-hybridized carbons (Fsp3) is 0.255. The highest BCUT2D eigenvalue weighted by Crippen LogP contribution is 2.45. The Balaban J connectivity index is 1.26. The number of thiophene rings is 1. The van der Waals surface area contributed by atoms with E-state index in [0.717, 1.165) is 24.0 Å². The van der Waals surface area contributed by atoms with Crippen molar-refractivity contribution in [2.75, 3.05) is 0 Å². The molecule has 0 saturated carbocycles. The van der Waals surface area contributed by atoms with Gasteiger partial charge in [0.2, 0.25) is 11.4 Å². The predicted octanol–water partition coefficient (Wildman–Crippen LogP) is 12.9. The third kappa shape index (κ3) is 5.85. The maximum atomic E-state index is 7.05. The van der Waals surface area contributed by atoms with E-state index in [2.05, 4.69) is 181 Å². The Morgan fingerprint density at radius 2 is 1.56 bits per heavy atom. The van der Waals surface area contributed by atoms with Crippen LogP contribution in [0.5, 0.6) is 0 Å². The number of nitrogens with zero attached hydrogens (tertiary/aromatic N) is 2. The van der Waals surface area contributed by atoms with Crippen LogP contribution in [-0.2, 0) is 18.9 Å². The molecule has 0 radical (unpaired) electrons. The van der Waals surface area contributed by atoms with Gasteiger partial charge in [-0.15, -0.1) is 11.3 Å². The van der Waals surface area contributed by atoms with Gasteiger partial charge in [0.15, 0.2) is 18.4 Å². The zero-order chi connectivity index (χ0) is 38.3. The van der Waals surface area contributed by atoms with Crippen molar-refractivity contribution < 1.29 is 13.6 Å². The summed E-state index contributed by atoms with van der Waals surface area (Å²) in [6.07, 6.45) is 8.69. The van der Waals surface area contributed by atoms with E-state index in [1.54, 1.807) is 0 Å². The number of pyridine rings is 2. The summed E-state index contributed by atoms with van der Waals surface area (Å²) in [4.78, 5) is 1.32.